The number of aryl methyl sites for hydroxylation is 1. The van der Waals surface area contributed by atoms with Crippen molar-refractivity contribution in [2.75, 3.05) is 36.4 Å². The average Bonchev–Trinajstić information content (AvgIpc) is 3.27. The largest absolute Gasteiger partial charge is 0.368 e. The number of halogens is 1. The molecule has 3 aromatic rings. The first-order chi connectivity index (χ1) is 14.9. The number of benzene rings is 2. The number of amides is 2. The van der Waals surface area contributed by atoms with E-state index in [1.807, 2.05) is 49.9 Å². The van der Waals surface area contributed by atoms with E-state index in [4.69, 9.17) is 16.1 Å². The molecule has 2 heterocycles. The highest BCUT2D eigenvalue weighted by molar-refractivity contribution is 6.31. The number of urea groups is 1. The molecule has 0 bridgehead atoms. The van der Waals surface area contributed by atoms with E-state index in [0.29, 0.717) is 29.8 Å². The predicted molar refractivity (Wildman–Crippen MR) is 123 cm³/mol. The van der Waals surface area contributed by atoms with E-state index in [2.05, 4.69) is 32.5 Å². The fourth-order valence-corrected chi connectivity index (χ4v) is 3.67. The molecule has 1 aliphatic heterocycles. The van der Waals surface area contributed by atoms with Crippen LogP contribution in [0.5, 0.6) is 0 Å². The molecular weight excluding hydrogens is 414 g/mol. The Hall–Kier alpha value is -3.06. The second-order valence-electron chi connectivity index (χ2n) is 8.02. The van der Waals surface area contributed by atoms with Crippen LogP contribution < -0.4 is 10.2 Å². The van der Waals surface area contributed by atoms with E-state index >= 15 is 0 Å². The van der Waals surface area contributed by atoms with Crippen LogP contribution in [0.1, 0.15) is 31.2 Å². The van der Waals surface area contributed by atoms with Gasteiger partial charge in [0.25, 0.3) is 0 Å². The van der Waals surface area contributed by atoms with Gasteiger partial charge in [-0.25, -0.2) is 4.79 Å². The second kappa shape index (κ2) is 8.98. The molecule has 0 spiro atoms. The first-order valence-electron chi connectivity index (χ1n) is 10.4. The molecule has 1 fully saturated rings. The lowest BCUT2D eigenvalue weighted by molar-refractivity contribution is 0.208. The highest BCUT2D eigenvalue weighted by atomic mass is 35.5. The number of piperazine rings is 1. The van der Waals surface area contributed by atoms with E-state index in [1.165, 1.54) is 0 Å². The molecule has 1 aliphatic rings. The summed E-state index contributed by atoms with van der Waals surface area (Å²) in [5, 5.41) is 7.64. The lowest BCUT2D eigenvalue weighted by Gasteiger charge is -2.36. The molecule has 2 aromatic carbocycles. The van der Waals surface area contributed by atoms with Crippen molar-refractivity contribution in [2.24, 2.45) is 0 Å². The molecule has 1 aromatic heterocycles. The minimum absolute atomic E-state index is 0.0987. The van der Waals surface area contributed by atoms with Gasteiger partial charge < -0.3 is 19.6 Å². The number of nitrogens with zero attached hydrogens (tertiary/aromatic N) is 4. The maximum absolute atomic E-state index is 12.7. The summed E-state index contributed by atoms with van der Waals surface area (Å²) in [5.74, 6) is 1.45. The Morgan fingerprint density at radius 1 is 1.10 bits per heavy atom. The molecule has 0 unspecified atom stereocenters. The zero-order chi connectivity index (χ0) is 22.0. The normalized spacial score (nSPS) is 14.2. The van der Waals surface area contributed by atoms with Crippen LogP contribution in [0.15, 0.2) is 47.0 Å². The van der Waals surface area contributed by atoms with Gasteiger partial charge in [0.15, 0.2) is 0 Å². The zero-order valence-corrected chi connectivity index (χ0v) is 18.7. The van der Waals surface area contributed by atoms with Gasteiger partial charge >= 0.3 is 6.03 Å². The molecule has 162 valence electrons. The highest BCUT2D eigenvalue weighted by Crippen LogP contribution is 2.24. The summed E-state index contributed by atoms with van der Waals surface area (Å²) < 4.78 is 5.30. The Morgan fingerprint density at radius 2 is 1.81 bits per heavy atom. The Bertz CT molecular complexity index is 1060. The van der Waals surface area contributed by atoms with E-state index in [9.17, 15) is 4.79 Å². The molecule has 1 saturated heterocycles. The highest BCUT2D eigenvalue weighted by Gasteiger charge is 2.22. The average molecular weight is 440 g/mol. The number of hydrogen-bond donors (Lipinski definition) is 1. The third-order valence-corrected chi connectivity index (χ3v) is 5.67. The van der Waals surface area contributed by atoms with Crippen LogP contribution >= 0.6 is 11.6 Å². The molecule has 2 amide bonds. The van der Waals surface area contributed by atoms with E-state index in [0.717, 1.165) is 35.6 Å². The summed E-state index contributed by atoms with van der Waals surface area (Å²) in [7, 11) is 0. The number of hydrogen-bond acceptors (Lipinski definition) is 5. The summed E-state index contributed by atoms with van der Waals surface area (Å²) in [6.07, 6.45) is 0. The minimum atomic E-state index is -0.0987. The lowest BCUT2D eigenvalue weighted by atomic mass is 10.1. The van der Waals surface area contributed by atoms with Crippen molar-refractivity contribution >= 4 is 29.0 Å². The molecule has 4 rings (SSSR count). The first-order valence-corrected chi connectivity index (χ1v) is 10.8. The van der Waals surface area contributed by atoms with Crippen LogP contribution in [-0.2, 0) is 0 Å². The molecule has 0 aliphatic carbocycles. The molecule has 1 N–H and O–H groups in total. The Kier molecular flexibility index (Phi) is 6.13. The van der Waals surface area contributed by atoms with Gasteiger partial charge in [-0.05, 0) is 48.9 Å². The number of aromatic nitrogens is 2. The lowest BCUT2D eigenvalue weighted by Crippen LogP contribution is -2.50. The van der Waals surface area contributed by atoms with Crippen molar-refractivity contribution in [3.05, 3.63) is 58.9 Å². The van der Waals surface area contributed by atoms with E-state index in [-0.39, 0.29) is 11.9 Å². The third-order valence-electron chi connectivity index (χ3n) is 5.43. The third kappa shape index (κ3) is 4.82. The van der Waals surface area contributed by atoms with Crippen LogP contribution in [-0.4, -0.2) is 47.3 Å². The maximum Gasteiger partial charge on any atom is 0.321 e. The Balaban J connectivity index is 1.35. The van der Waals surface area contributed by atoms with Crippen LogP contribution in [0, 0.1) is 6.92 Å². The SMILES string of the molecule is Cc1ccc(Cl)cc1NC(=O)N1CCN(c2ccc(-c3noc(C(C)C)n3)cc2)CC1. The molecule has 0 saturated carbocycles. The second-order valence-corrected chi connectivity index (χ2v) is 8.46. The number of anilines is 2. The quantitative estimate of drug-likeness (QED) is 0.606. The predicted octanol–water partition coefficient (Wildman–Crippen LogP) is 5.18. The summed E-state index contributed by atoms with van der Waals surface area (Å²) >= 11 is 6.05. The van der Waals surface area contributed by atoms with Gasteiger partial charge in [-0.3, -0.25) is 0 Å². The molecule has 8 heteroatoms. The van der Waals surface area contributed by atoms with Crippen molar-refractivity contribution in [3.8, 4) is 11.4 Å². The summed E-state index contributed by atoms with van der Waals surface area (Å²) in [6.45, 7) is 8.83. The number of carbonyl (C=O) groups excluding carboxylic acids is 1. The van der Waals surface area contributed by atoms with Gasteiger partial charge in [0.1, 0.15) is 0 Å². The summed E-state index contributed by atoms with van der Waals surface area (Å²) in [5.41, 5.74) is 3.77. The topological polar surface area (TPSA) is 74.5 Å². The van der Waals surface area contributed by atoms with Crippen molar-refractivity contribution in [3.63, 3.8) is 0 Å². The number of nitrogens with one attached hydrogen (secondary N) is 1. The number of carbonyl (C=O) groups is 1. The van der Waals surface area contributed by atoms with Crippen LogP contribution in [0.2, 0.25) is 5.02 Å². The molecule has 7 nitrogen and oxygen atoms in total. The summed E-state index contributed by atoms with van der Waals surface area (Å²) in [4.78, 5) is 21.2. The fourth-order valence-electron chi connectivity index (χ4n) is 3.50. The smallest absolute Gasteiger partial charge is 0.321 e. The van der Waals surface area contributed by atoms with Gasteiger partial charge in [0.2, 0.25) is 11.7 Å². The number of rotatable bonds is 4. The van der Waals surface area contributed by atoms with Gasteiger partial charge in [-0.1, -0.05) is 36.7 Å². The van der Waals surface area contributed by atoms with Gasteiger partial charge in [-0.15, -0.1) is 0 Å². The van der Waals surface area contributed by atoms with Crippen LogP contribution in [0.25, 0.3) is 11.4 Å². The molecular formula is C23H26ClN5O2. The Morgan fingerprint density at radius 3 is 2.45 bits per heavy atom. The summed E-state index contributed by atoms with van der Waals surface area (Å²) in [6, 6.07) is 13.5. The first kappa shape index (κ1) is 21.2. The van der Waals surface area contributed by atoms with Gasteiger partial charge in [0.05, 0.1) is 0 Å². The minimum Gasteiger partial charge on any atom is -0.368 e. The van der Waals surface area contributed by atoms with Gasteiger partial charge in [-0.2, -0.15) is 4.98 Å². The van der Waals surface area contributed by atoms with Gasteiger partial charge in [0, 0.05) is 54.1 Å². The van der Waals surface area contributed by atoms with E-state index in [1.54, 1.807) is 6.07 Å². The van der Waals surface area contributed by atoms with Crippen molar-refractivity contribution < 1.29 is 9.32 Å². The van der Waals surface area contributed by atoms with E-state index < -0.39 is 0 Å². The standard InChI is InChI=1S/C23H26ClN5O2/c1-15(2)22-26-21(27-31-22)17-5-8-19(9-6-17)28-10-12-29(13-11-28)23(30)25-20-14-18(24)7-4-16(20)3/h4-9,14-15H,10-13H2,1-3H3,(H,25,30). The van der Waals surface area contributed by atoms with Crippen LogP contribution in [0.3, 0.4) is 0 Å². The maximum atomic E-state index is 12.7. The molecule has 0 radical (unpaired) electrons. The van der Waals surface area contributed by atoms with Crippen LogP contribution in [0.4, 0.5) is 16.2 Å². The Labute approximate surface area is 187 Å². The van der Waals surface area contributed by atoms with Crippen molar-refractivity contribution in [1.29, 1.82) is 0 Å². The zero-order valence-electron chi connectivity index (χ0n) is 17.9. The molecule has 31 heavy (non-hydrogen) atoms. The molecule has 0 atom stereocenters. The fraction of sp³-hybridized carbons (Fsp3) is 0.348. The monoisotopic (exact) mass is 439 g/mol. The van der Waals surface area contributed by atoms with Crippen molar-refractivity contribution in [2.45, 2.75) is 26.7 Å². The van der Waals surface area contributed by atoms with Crippen molar-refractivity contribution in [1.82, 2.24) is 15.0 Å².